The Bertz CT molecular complexity index is 807. The van der Waals surface area contributed by atoms with Gasteiger partial charge in [0.15, 0.2) is 11.6 Å². The number of anilines is 1. The molecule has 0 saturated heterocycles. The quantitative estimate of drug-likeness (QED) is 0.790. The van der Waals surface area contributed by atoms with E-state index in [1.165, 1.54) is 0 Å². The lowest BCUT2D eigenvalue weighted by Gasteiger charge is -2.05. The van der Waals surface area contributed by atoms with Gasteiger partial charge in [0, 0.05) is 23.7 Å². The summed E-state index contributed by atoms with van der Waals surface area (Å²) in [5.74, 6) is 1.36. The molecule has 3 rings (SSSR count). The second kappa shape index (κ2) is 5.76. The summed E-state index contributed by atoms with van der Waals surface area (Å²) in [5.41, 5.74) is 1.26. The van der Waals surface area contributed by atoms with Crippen molar-refractivity contribution in [3.8, 4) is 11.4 Å². The van der Waals surface area contributed by atoms with E-state index in [-0.39, 0.29) is 5.91 Å². The Morgan fingerprint density at radius 1 is 1.36 bits per heavy atom. The Kier molecular flexibility index (Phi) is 3.65. The van der Waals surface area contributed by atoms with Gasteiger partial charge in [0.1, 0.15) is 5.76 Å². The summed E-state index contributed by atoms with van der Waals surface area (Å²) in [6, 6.07) is 8.74. The summed E-state index contributed by atoms with van der Waals surface area (Å²) in [6.07, 6.45) is 0. The van der Waals surface area contributed by atoms with Crippen LogP contribution in [0.3, 0.4) is 0 Å². The number of rotatable bonds is 4. The average molecular weight is 298 g/mol. The molecule has 0 aliphatic heterocycles. The number of amides is 1. The van der Waals surface area contributed by atoms with Crippen LogP contribution < -0.4 is 5.32 Å². The first kappa shape index (κ1) is 13.9. The van der Waals surface area contributed by atoms with Crippen LogP contribution in [0.25, 0.3) is 11.4 Å². The van der Waals surface area contributed by atoms with E-state index in [0.29, 0.717) is 29.5 Å². The van der Waals surface area contributed by atoms with Crippen molar-refractivity contribution in [1.82, 2.24) is 25.4 Å². The van der Waals surface area contributed by atoms with Gasteiger partial charge in [-0.25, -0.2) is 4.68 Å². The number of aryl methyl sites for hydroxylation is 2. The van der Waals surface area contributed by atoms with Gasteiger partial charge in [-0.15, -0.1) is 5.10 Å². The molecule has 0 unspecified atom stereocenters. The van der Waals surface area contributed by atoms with E-state index in [1.807, 2.05) is 13.0 Å². The molecule has 1 amide bonds. The molecule has 0 radical (unpaired) electrons. The first-order chi connectivity index (χ1) is 10.7. The number of carbonyl (C=O) groups is 1. The van der Waals surface area contributed by atoms with E-state index in [4.69, 9.17) is 4.52 Å². The zero-order valence-corrected chi connectivity index (χ0v) is 12.1. The van der Waals surface area contributed by atoms with Crippen molar-refractivity contribution >= 4 is 11.7 Å². The number of tetrazole rings is 1. The van der Waals surface area contributed by atoms with Crippen molar-refractivity contribution in [2.75, 3.05) is 5.32 Å². The van der Waals surface area contributed by atoms with E-state index in [0.717, 1.165) is 5.56 Å². The maximum Gasteiger partial charge on any atom is 0.256 e. The third-order valence-electron chi connectivity index (χ3n) is 3.08. The minimum Gasteiger partial charge on any atom is -0.360 e. The summed E-state index contributed by atoms with van der Waals surface area (Å²) in [5, 5.41) is 17.9. The Balaban J connectivity index is 1.86. The van der Waals surface area contributed by atoms with Crippen LogP contribution in [0.1, 0.15) is 23.0 Å². The Hall–Kier alpha value is -3.03. The van der Waals surface area contributed by atoms with Gasteiger partial charge in [0.25, 0.3) is 5.91 Å². The van der Waals surface area contributed by atoms with Gasteiger partial charge in [-0.05, 0) is 36.4 Å². The number of hydrogen-bond acceptors (Lipinski definition) is 6. The molecular weight excluding hydrogens is 284 g/mol. The number of hydrogen-bond donors (Lipinski definition) is 1. The third-order valence-corrected chi connectivity index (χ3v) is 3.08. The van der Waals surface area contributed by atoms with Crippen molar-refractivity contribution < 1.29 is 9.32 Å². The molecule has 1 aromatic carbocycles. The zero-order valence-electron chi connectivity index (χ0n) is 12.1. The summed E-state index contributed by atoms with van der Waals surface area (Å²) < 4.78 is 6.58. The number of aromatic nitrogens is 5. The monoisotopic (exact) mass is 298 g/mol. The van der Waals surface area contributed by atoms with Crippen LogP contribution in [0.4, 0.5) is 5.82 Å². The first-order valence-electron chi connectivity index (χ1n) is 6.78. The van der Waals surface area contributed by atoms with Crippen molar-refractivity contribution in [3.63, 3.8) is 0 Å². The van der Waals surface area contributed by atoms with Crippen molar-refractivity contribution in [2.45, 2.75) is 20.4 Å². The maximum atomic E-state index is 12.2. The van der Waals surface area contributed by atoms with Crippen LogP contribution in [0.15, 0.2) is 34.9 Å². The highest BCUT2D eigenvalue weighted by Crippen LogP contribution is 2.18. The van der Waals surface area contributed by atoms with Crippen LogP contribution in [-0.4, -0.2) is 31.3 Å². The molecule has 2 aromatic heterocycles. The Morgan fingerprint density at radius 3 is 2.95 bits per heavy atom. The van der Waals surface area contributed by atoms with E-state index >= 15 is 0 Å². The topological polar surface area (TPSA) is 98.7 Å². The number of nitrogens with zero attached hydrogens (tertiary/aromatic N) is 5. The highest BCUT2D eigenvalue weighted by Gasteiger charge is 2.12. The fourth-order valence-electron chi connectivity index (χ4n) is 2.04. The molecule has 0 spiro atoms. The van der Waals surface area contributed by atoms with Crippen LogP contribution in [0, 0.1) is 6.92 Å². The molecule has 0 aliphatic carbocycles. The lowest BCUT2D eigenvalue weighted by molar-refractivity contribution is 0.102. The van der Waals surface area contributed by atoms with E-state index in [2.05, 4.69) is 26.0 Å². The minimum atomic E-state index is -0.273. The molecular formula is C14H14N6O2. The molecule has 2 heterocycles. The lowest BCUT2D eigenvalue weighted by atomic mass is 10.1. The highest BCUT2D eigenvalue weighted by atomic mass is 16.5. The zero-order chi connectivity index (χ0) is 15.5. The fourth-order valence-corrected chi connectivity index (χ4v) is 2.04. The van der Waals surface area contributed by atoms with E-state index in [9.17, 15) is 4.79 Å². The molecule has 8 heteroatoms. The van der Waals surface area contributed by atoms with E-state index < -0.39 is 0 Å². The smallest absolute Gasteiger partial charge is 0.256 e. The molecule has 0 saturated carbocycles. The predicted molar refractivity (Wildman–Crippen MR) is 78.1 cm³/mol. The van der Waals surface area contributed by atoms with Gasteiger partial charge >= 0.3 is 0 Å². The second-order valence-corrected chi connectivity index (χ2v) is 4.68. The summed E-state index contributed by atoms with van der Waals surface area (Å²) in [7, 11) is 0. The second-order valence-electron chi connectivity index (χ2n) is 4.68. The van der Waals surface area contributed by atoms with Crippen LogP contribution in [0.5, 0.6) is 0 Å². The molecule has 8 nitrogen and oxygen atoms in total. The number of nitrogens with one attached hydrogen (secondary N) is 1. The SMILES string of the molecule is CCn1nnnc1-c1cccc(C(=O)Nc2cc(C)on2)c1. The first-order valence-corrected chi connectivity index (χ1v) is 6.78. The summed E-state index contributed by atoms with van der Waals surface area (Å²) in [4.78, 5) is 12.2. The molecule has 0 atom stereocenters. The molecule has 0 aliphatic rings. The molecule has 22 heavy (non-hydrogen) atoms. The van der Waals surface area contributed by atoms with Gasteiger partial charge in [-0.3, -0.25) is 4.79 Å². The lowest BCUT2D eigenvalue weighted by Crippen LogP contribution is -2.12. The van der Waals surface area contributed by atoms with Gasteiger partial charge in [-0.2, -0.15) is 0 Å². The molecule has 3 aromatic rings. The standard InChI is InChI=1S/C14H14N6O2/c1-3-20-13(16-18-19-20)10-5-4-6-11(8-10)14(21)15-12-7-9(2)22-17-12/h4-8H,3H2,1-2H3,(H,15,17,21). The van der Waals surface area contributed by atoms with E-state index in [1.54, 1.807) is 35.9 Å². The summed E-state index contributed by atoms with van der Waals surface area (Å²) in [6.45, 7) is 4.36. The van der Waals surface area contributed by atoms with Crippen molar-refractivity contribution in [2.24, 2.45) is 0 Å². The van der Waals surface area contributed by atoms with Gasteiger partial charge in [0.05, 0.1) is 0 Å². The van der Waals surface area contributed by atoms with Gasteiger partial charge in [0.2, 0.25) is 0 Å². The molecule has 0 bridgehead atoms. The minimum absolute atomic E-state index is 0.273. The van der Waals surface area contributed by atoms with Crippen molar-refractivity contribution in [3.05, 3.63) is 41.7 Å². The summed E-state index contributed by atoms with van der Waals surface area (Å²) >= 11 is 0. The molecule has 112 valence electrons. The largest absolute Gasteiger partial charge is 0.360 e. The Labute approximate surface area is 126 Å². The van der Waals surface area contributed by atoms with Gasteiger partial charge in [-0.1, -0.05) is 17.3 Å². The number of benzene rings is 1. The fraction of sp³-hybridized carbons (Fsp3) is 0.214. The third kappa shape index (κ3) is 2.71. The molecule has 0 fully saturated rings. The van der Waals surface area contributed by atoms with Crippen LogP contribution >= 0.6 is 0 Å². The molecule has 1 N–H and O–H groups in total. The normalized spacial score (nSPS) is 10.6. The predicted octanol–water partition coefficient (Wildman–Crippen LogP) is 1.91. The average Bonchev–Trinajstić information content (AvgIpc) is 3.16. The number of carbonyl (C=O) groups excluding carboxylic acids is 1. The Morgan fingerprint density at radius 2 is 2.23 bits per heavy atom. The van der Waals surface area contributed by atoms with Gasteiger partial charge < -0.3 is 9.84 Å². The highest BCUT2D eigenvalue weighted by molar-refractivity contribution is 6.04. The van der Waals surface area contributed by atoms with Crippen molar-refractivity contribution in [1.29, 1.82) is 0 Å². The maximum absolute atomic E-state index is 12.2. The van der Waals surface area contributed by atoms with Crippen LogP contribution in [0.2, 0.25) is 0 Å². The van der Waals surface area contributed by atoms with Crippen LogP contribution in [-0.2, 0) is 6.54 Å².